The van der Waals surface area contributed by atoms with Crippen molar-refractivity contribution < 1.29 is 14.6 Å². The van der Waals surface area contributed by atoms with E-state index in [-0.39, 0.29) is 18.2 Å². The summed E-state index contributed by atoms with van der Waals surface area (Å²) in [7, 11) is 0. The van der Waals surface area contributed by atoms with Crippen molar-refractivity contribution >= 4 is 28.6 Å². The summed E-state index contributed by atoms with van der Waals surface area (Å²) in [5.74, 6) is -0.618. The van der Waals surface area contributed by atoms with Gasteiger partial charge in [0.15, 0.2) is 6.19 Å². The molecule has 4 rings (SSSR count). The molecule has 2 aliphatic rings. The van der Waals surface area contributed by atoms with Crippen molar-refractivity contribution in [3.63, 3.8) is 0 Å². The zero-order chi connectivity index (χ0) is 17.4. The van der Waals surface area contributed by atoms with E-state index >= 15 is 0 Å². The lowest BCUT2D eigenvalue weighted by Crippen LogP contribution is -2.46. The normalized spacial score (nSPS) is 25.6. The number of rotatable bonds is 4. The molecular formula is C18H18N2O3S2. The molecule has 2 aromatic rings. The topological polar surface area (TPSA) is 73.6 Å². The van der Waals surface area contributed by atoms with Crippen molar-refractivity contribution in [3.05, 3.63) is 44.8 Å². The van der Waals surface area contributed by atoms with Crippen molar-refractivity contribution in [2.45, 2.75) is 49.5 Å². The van der Waals surface area contributed by atoms with Crippen LogP contribution in [0.15, 0.2) is 35.0 Å². The van der Waals surface area contributed by atoms with Crippen molar-refractivity contribution in [3.8, 4) is 6.19 Å². The van der Waals surface area contributed by atoms with E-state index in [4.69, 9.17) is 4.74 Å². The van der Waals surface area contributed by atoms with Crippen molar-refractivity contribution in [1.82, 2.24) is 4.90 Å². The van der Waals surface area contributed by atoms with Gasteiger partial charge < -0.3 is 14.7 Å². The van der Waals surface area contributed by atoms with Crippen molar-refractivity contribution in [1.29, 1.82) is 5.26 Å². The van der Waals surface area contributed by atoms with E-state index in [9.17, 15) is 15.2 Å². The van der Waals surface area contributed by atoms with Crippen LogP contribution in [0.3, 0.4) is 0 Å². The summed E-state index contributed by atoms with van der Waals surface area (Å²) < 4.78 is 5.77. The molecular weight excluding hydrogens is 356 g/mol. The molecule has 2 fully saturated rings. The maximum Gasteiger partial charge on any atom is 0.349 e. The Morgan fingerprint density at radius 3 is 2.20 bits per heavy atom. The SMILES string of the molecule is N#CN1C2CCC1CC(OC(=O)C(O)(c1cccs1)c1cccs1)C2. The first kappa shape index (κ1) is 16.6. The molecule has 4 heterocycles. The van der Waals surface area contributed by atoms with Gasteiger partial charge in [-0.3, -0.25) is 0 Å². The molecule has 0 amide bonds. The zero-order valence-electron chi connectivity index (χ0n) is 13.5. The Labute approximate surface area is 154 Å². The summed E-state index contributed by atoms with van der Waals surface area (Å²) in [5.41, 5.74) is -1.76. The number of nitriles is 1. The number of hydrogen-bond acceptors (Lipinski definition) is 7. The molecule has 1 N–H and O–H groups in total. The molecule has 2 aromatic heterocycles. The fourth-order valence-corrected chi connectivity index (χ4v) is 5.63. The summed E-state index contributed by atoms with van der Waals surface area (Å²) in [6.07, 6.45) is 5.25. The van der Waals surface area contributed by atoms with Crippen LogP contribution < -0.4 is 0 Å². The molecule has 2 unspecified atom stereocenters. The summed E-state index contributed by atoms with van der Waals surface area (Å²) in [6, 6.07) is 7.45. The fraction of sp³-hybridized carbons (Fsp3) is 0.444. The average molecular weight is 374 g/mol. The predicted molar refractivity (Wildman–Crippen MR) is 95.0 cm³/mol. The zero-order valence-corrected chi connectivity index (χ0v) is 15.1. The maximum atomic E-state index is 13.0. The van der Waals surface area contributed by atoms with Crippen LogP contribution in [0.1, 0.15) is 35.4 Å². The van der Waals surface area contributed by atoms with Crippen LogP contribution >= 0.6 is 22.7 Å². The first-order valence-electron chi connectivity index (χ1n) is 8.32. The van der Waals surface area contributed by atoms with Crippen LogP contribution in [-0.2, 0) is 15.1 Å². The van der Waals surface area contributed by atoms with E-state index in [1.54, 1.807) is 12.1 Å². The van der Waals surface area contributed by atoms with E-state index in [1.807, 2.05) is 27.8 Å². The van der Waals surface area contributed by atoms with Crippen molar-refractivity contribution in [2.75, 3.05) is 0 Å². The summed E-state index contributed by atoms with van der Waals surface area (Å²) >= 11 is 2.68. The molecule has 2 saturated heterocycles. The van der Waals surface area contributed by atoms with Gasteiger partial charge >= 0.3 is 5.97 Å². The number of hydrogen-bond donors (Lipinski definition) is 1. The van der Waals surface area contributed by atoms with E-state index in [1.165, 1.54) is 22.7 Å². The first-order chi connectivity index (χ1) is 12.1. The number of fused-ring (bicyclic) bond motifs is 2. The minimum atomic E-state index is -1.76. The van der Waals surface area contributed by atoms with Gasteiger partial charge in [0, 0.05) is 24.9 Å². The monoisotopic (exact) mass is 374 g/mol. The molecule has 7 heteroatoms. The molecule has 0 radical (unpaired) electrons. The number of ether oxygens (including phenoxy) is 1. The average Bonchev–Trinajstić information content (AvgIpc) is 3.35. The lowest BCUT2D eigenvalue weighted by atomic mass is 9.98. The van der Waals surface area contributed by atoms with Gasteiger partial charge in [0.25, 0.3) is 0 Å². The number of aliphatic hydroxyl groups is 1. The van der Waals surface area contributed by atoms with E-state index in [0.29, 0.717) is 22.6 Å². The quantitative estimate of drug-likeness (QED) is 0.658. The highest BCUT2D eigenvalue weighted by atomic mass is 32.1. The Kier molecular flexibility index (Phi) is 4.28. The summed E-state index contributed by atoms with van der Waals surface area (Å²) in [4.78, 5) is 16.0. The highest BCUT2D eigenvalue weighted by Crippen LogP contribution is 2.40. The van der Waals surface area contributed by atoms with Crippen LogP contribution in [0.4, 0.5) is 0 Å². The summed E-state index contributed by atoms with van der Waals surface area (Å²) in [6.45, 7) is 0. The van der Waals surface area contributed by atoms with Crippen LogP contribution in [-0.4, -0.2) is 34.2 Å². The first-order valence-corrected chi connectivity index (χ1v) is 10.1. The van der Waals surface area contributed by atoms with Gasteiger partial charge in [0.2, 0.25) is 5.60 Å². The number of piperidine rings is 1. The second-order valence-electron chi connectivity index (χ2n) is 6.56. The predicted octanol–water partition coefficient (Wildman–Crippen LogP) is 3.07. The molecule has 0 spiro atoms. The van der Waals surface area contributed by atoms with Gasteiger partial charge in [0.05, 0.1) is 9.75 Å². The maximum absolute atomic E-state index is 13.0. The third-order valence-electron chi connectivity index (χ3n) is 5.13. The Morgan fingerprint density at radius 2 is 1.76 bits per heavy atom. The second kappa shape index (κ2) is 6.45. The third-order valence-corrected chi connectivity index (χ3v) is 7.09. The van der Waals surface area contributed by atoms with E-state index in [0.717, 1.165) is 12.8 Å². The number of carbonyl (C=O) groups excluding carboxylic acids is 1. The van der Waals surface area contributed by atoms with Gasteiger partial charge in [-0.1, -0.05) is 12.1 Å². The van der Waals surface area contributed by atoms with E-state index in [2.05, 4.69) is 6.19 Å². The number of thiophene rings is 2. The van der Waals surface area contributed by atoms with Gasteiger partial charge in [-0.15, -0.1) is 22.7 Å². The van der Waals surface area contributed by atoms with Gasteiger partial charge in [-0.25, -0.2) is 4.79 Å². The Balaban J connectivity index is 1.56. The summed E-state index contributed by atoms with van der Waals surface area (Å²) in [5, 5.41) is 24.2. The highest BCUT2D eigenvalue weighted by molar-refractivity contribution is 7.12. The van der Waals surface area contributed by atoms with Crippen LogP contribution in [0, 0.1) is 11.5 Å². The molecule has 130 valence electrons. The standard InChI is InChI=1S/C18H18N2O3S2/c19-11-20-12-5-6-13(20)10-14(9-12)23-17(21)18(22,15-3-1-7-24-15)16-4-2-8-25-16/h1-4,7-8,12-14,22H,5-6,9-10H2. The van der Waals surface area contributed by atoms with E-state index < -0.39 is 11.6 Å². The van der Waals surface area contributed by atoms with Gasteiger partial charge in [-0.05, 0) is 35.7 Å². The second-order valence-corrected chi connectivity index (χ2v) is 8.45. The molecule has 5 nitrogen and oxygen atoms in total. The smallest absolute Gasteiger partial charge is 0.349 e. The van der Waals surface area contributed by atoms with Gasteiger partial charge in [0.1, 0.15) is 6.10 Å². The number of carbonyl (C=O) groups is 1. The molecule has 2 aliphatic heterocycles. The van der Waals surface area contributed by atoms with Crippen LogP contribution in [0.2, 0.25) is 0 Å². The minimum absolute atomic E-state index is 0.151. The molecule has 0 saturated carbocycles. The Bertz CT molecular complexity index is 734. The molecule has 25 heavy (non-hydrogen) atoms. The fourth-order valence-electron chi connectivity index (χ4n) is 3.91. The van der Waals surface area contributed by atoms with Gasteiger partial charge in [-0.2, -0.15) is 5.26 Å². The highest BCUT2D eigenvalue weighted by Gasteiger charge is 2.47. The largest absolute Gasteiger partial charge is 0.460 e. The molecule has 2 atom stereocenters. The Hall–Kier alpha value is -1.88. The molecule has 2 bridgehead atoms. The van der Waals surface area contributed by atoms with Crippen LogP contribution in [0.25, 0.3) is 0 Å². The lowest BCUT2D eigenvalue weighted by Gasteiger charge is -2.36. The van der Waals surface area contributed by atoms with Crippen LogP contribution in [0.5, 0.6) is 0 Å². The molecule has 0 aliphatic carbocycles. The number of esters is 1. The molecule has 0 aromatic carbocycles. The third kappa shape index (κ3) is 2.74. The Morgan fingerprint density at radius 1 is 1.20 bits per heavy atom. The number of nitrogens with zero attached hydrogens (tertiary/aromatic N) is 2. The van der Waals surface area contributed by atoms with Crippen molar-refractivity contribution in [2.24, 2.45) is 0 Å². The minimum Gasteiger partial charge on any atom is -0.460 e. The lowest BCUT2D eigenvalue weighted by molar-refractivity contribution is -0.170.